The first-order valence-corrected chi connectivity index (χ1v) is 9.81. The highest BCUT2D eigenvalue weighted by molar-refractivity contribution is 8.69. The molecule has 16 heavy (non-hydrogen) atoms. The van der Waals surface area contributed by atoms with Gasteiger partial charge in [-0.15, -0.1) is 0 Å². The standard InChI is InChI=1S/C10H23N2OPS2/c1-6-9(3)11-8-12-14(15,13-5)16-10(4)7-2/h8-10H,6-7H2,1-5H3,(H,11,12,15). The van der Waals surface area contributed by atoms with Crippen LogP contribution in [0.15, 0.2) is 4.99 Å². The van der Waals surface area contributed by atoms with Gasteiger partial charge in [-0.25, -0.2) is 0 Å². The number of nitrogens with zero attached hydrogens (tertiary/aromatic N) is 1. The summed E-state index contributed by atoms with van der Waals surface area (Å²) in [5, 5.41) is 3.66. The van der Waals surface area contributed by atoms with Crippen molar-refractivity contribution in [1.29, 1.82) is 0 Å². The van der Waals surface area contributed by atoms with Gasteiger partial charge in [0.25, 0.3) is 0 Å². The SMILES string of the molecule is CCC(C)N=CNP(=S)(OC)SC(C)CC. The van der Waals surface area contributed by atoms with Crippen molar-refractivity contribution < 1.29 is 4.52 Å². The van der Waals surface area contributed by atoms with Crippen molar-refractivity contribution in [2.45, 2.75) is 51.8 Å². The summed E-state index contributed by atoms with van der Waals surface area (Å²) in [7, 11) is 1.67. The maximum absolute atomic E-state index is 5.48. The molecule has 3 nitrogen and oxygen atoms in total. The minimum Gasteiger partial charge on any atom is -0.330 e. The van der Waals surface area contributed by atoms with Crippen LogP contribution in [0.3, 0.4) is 0 Å². The Kier molecular flexibility index (Phi) is 8.74. The minimum absolute atomic E-state index is 0.335. The van der Waals surface area contributed by atoms with Crippen molar-refractivity contribution in [3.8, 4) is 0 Å². The van der Waals surface area contributed by atoms with Gasteiger partial charge in [0.05, 0.1) is 6.34 Å². The summed E-state index contributed by atoms with van der Waals surface area (Å²) in [5.41, 5.74) is -1.99. The summed E-state index contributed by atoms with van der Waals surface area (Å²) in [5.74, 6) is 0. The molecule has 0 aliphatic heterocycles. The molecule has 0 rings (SSSR count). The van der Waals surface area contributed by atoms with E-state index in [1.165, 1.54) is 0 Å². The largest absolute Gasteiger partial charge is 0.330 e. The van der Waals surface area contributed by atoms with Gasteiger partial charge in [-0.05, 0) is 31.6 Å². The van der Waals surface area contributed by atoms with E-state index >= 15 is 0 Å². The summed E-state index contributed by atoms with van der Waals surface area (Å²) < 4.78 is 5.41. The van der Waals surface area contributed by atoms with E-state index in [1.807, 2.05) is 0 Å². The predicted molar refractivity (Wildman–Crippen MR) is 80.0 cm³/mol. The highest BCUT2D eigenvalue weighted by atomic mass is 32.9. The zero-order valence-electron chi connectivity index (χ0n) is 10.8. The number of hydrogen-bond acceptors (Lipinski definition) is 4. The van der Waals surface area contributed by atoms with Gasteiger partial charge in [0.1, 0.15) is 0 Å². The van der Waals surface area contributed by atoms with Gasteiger partial charge in [-0.3, -0.25) is 4.99 Å². The molecule has 0 saturated carbocycles. The predicted octanol–water partition coefficient (Wildman–Crippen LogP) is 3.81. The van der Waals surface area contributed by atoms with E-state index in [4.69, 9.17) is 16.3 Å². The average molecular weight is 282 g/mol. The smallest absolute Gasteiger partial charge is 0.211 e. The van der Waals surface area contributed by atoms with Gasteiger partial charge >= 0.3 is 0 Å². The molecule has 1 N–H and O–H groups in total. The number of rotatable bonds is 8. The van der Waals surface area contributed by atoms with Crippen LogP contribution in [0.1, 0.15) is 40.5 Å². The van der Waals surface area contributed by atoms with E-state index in [0.29, 0.717) is 11.3 Å². The molecular formula is C10H23N2OPS2. The molecule has 0 spiro atoms. The molecule has 3 atom stereocenters. The highest BCUT2D eigenvalue weighted by Gasteiger charge is 2.18. The summed E-state index contributed by atoms with van der Waals surface area (Å²) in [6, 6.07) is 0.335. The third-order valence-corrected chi connectivity index (χ3v) is 8.37. The van der Waals surface area contributed by atoms with Crippen molar-refractivity contribution in [3.63, 3.8) is 0 Å². The molecule has 6 heteroatoms. The minimum atomic E-state index is -1.99. The number of aliphatic imine (C=N–C) groups is 1. The quantitative estimate of drug-likeness (QED) is 0.417. The van der Waals surface area contributed by atoms with Crippen LogP contribution >= 0.6 is 17.0 Å². The van der Waals surface area contributed by atoms with Crippen LogP contribution in [0.25, 0.3) is 0 Å². The third-order valence-electron chi connectivity index (χ3n) is 2.27. The molecule has 0 heterocycles. The normalized spacial score (nSPS) is 19.3. The van der Waals surface area contributed by atoms with Crippen molar-refractivity contribution in [3.05, 3.63) is 0 Å². The molecule has 0 aromatic heterocycles. The number of nitrogens with one attached hydrogen (secondary N) is 1. The molecule has 0 amide bonds. The fourth-order valence-electron chi connectivity index (χ4n) is 0.774. The highest BCUT2D eigenvalue weighted by Crippen LogP contribution is 2.57. The van der Waals surface area contributed by atoms with E-state index < -0.39 is 5.62 Å². The van der Waals surface area contributed by atoms with E-state index in [0.717, 1.165) is 12.8 Å². The molecule has 0 saturated heterocycles. The molecule has 0 aromatic carbocycles. The van der Waals surface area contributed by atoms with Gasteiger partial charge < -0.3 is 9.61 Å². The van der Waals surface area contributed by atoms with Gasteiger partial charge in [0, 0.05) is 18.4 Å². The molecule has 3 unspecified atom stereocenters. The average Bonchev–Trinajstić information content (AvgIpc) is 2.28. The van der Waals surface area contributed by atoms with Crippen molar-refractivity contribution in [1.82, 2.24) is 5.09 Å². The second-order valence-corrected chi connectivity index (χ2v) is 10.7. The lowest BCUT2D eigenvalue weighted by molar-refractivity contribution is 0.467. The van der Waals surface area contributed by atoms with Gasteiger partial charge in [-0.2, -0.15) is 0 Å². The van der Waals surface area contributed by atoms with Crippen molar-refractivity contribution in [2.75, 3.05) is 7.11 Å². The topological polar surface area (TPSA) is 33.6 Å². The molecule has 0 aliphatic carbocycles. The van der Waals surface area contributed by atoms with Crippen LogP contribution in [-0.2, 0) is 16.3 Å². The lowest BCUT2D eigenvalue weighted by Gasteiger charge is -2.22. The van der Waals surface area contributed by atoms with Crippen molar-refractivity contribution in [2.24, 2.45) is 4.99 Å². The third kappa shape index (κ3) is 6.89. The van der Waals surface area contributed by atoms with Gasteiger partial charge in [-0.1, -0.05) is 32.2 Å². The Morgan fingerprint density at radius 3 is 2.50 bits per heavy atom. The lowest BCUT2D eigenvalue weighted by Crippen LogP contribution is -2.10. The maximum atomic E-state index is 5.48. The lowest BCUT2D eigenvalue weighted by atomic mass is 10.3. The van der Waals surface area contributed by atoms with Crippen LogP contribution in [0.2, 0.25) is 0 Å². The Balaban J connectivity index is 4.27. The second kappa shape index (κ2) is 8.51. The second-order valence-electron chi connectivity index (χ2n) is 3.67. The Labute approximate surface area is 109 Å². The molecule has 96 valence electrons. The molecule has 0 aromatic rings. The fourth-order valence-corrected chi connectivity index (χ4v) is 5.77. The van der Waals surface area contributed by atoms with Crippen molar-refractivity contribution >= 4 is 35.1 Å². The molecule has 0 bridgehead atoms. The molecule has 0 fully saturated rings. The summed E-state index contributed by atoms with van der Waals surface area (Å²) in [6.45, 7) is 8.51. The first-order valence-electron chi connectivity index (χ1n) is 5.61. The van der Waals surface area contributed by atoms with E-state index in [-0.39, 0.29) is 0 Å². The van der Waals surface area contributed by atoms with Crippen LogP contribution in [0, 0.1) is 0 Å². The summed E-state index contributed by atoms with van der Waals surface area (Å²) in [4.78, 5) is 4.34. The molecule has 0 aliphatic rings. The number of hydrogen-bond donors (Lipinski definition) is 1. The Bertz CT molecular complexity index is 261. The first kappa shape index (κ1) is 16.4. The zero-order valence-corrected chi connectivity index (χ0v) is 13.3. The van der Waals surface area contributed by atoms with Crippen LogP contribution < -0.4 is 5.09 Å². The van der Waals surface area contributed by atoms with E-state index in [9.17, 15) is 0 Å². The van der Waals surface area contributed by atoms with Crippen LogP contribution in [0.4, 0.5) is 0 Å². The maximum Gasteiger partial charge on any atom is 0.211 e. The zero-order chi connectivity index (χ0) is 12.6. The molecule has 0 radical (unpaired) electrons. The Morgan fingerprint density at radius 2 is 2.06 bits per heavy atom. The first-order chi connectivity index (χ1) is 7.47. The van der Waals surface area contributed by atoms with Gasteiger partial charge in [0.15, 0.2) is 0 Å². The monoisotopic (exact) mass is 282 g/mol. The van der Waals surface area contributed by atoms with Crippen LogP contribution in [0.5, 0.6) is 0 Å². The van der Waals surface area contributed by atoms with Gasteiger partial charge in [0.2, 0.25) is 5.62 Å². The summed E-state index contributed by atoms with van der Waals surface area (Å²) in [6.07, 6.45) is 3.84. The summed E-state index contributed by atoms with van der Waals surface area (Å²) >= 11 is 7.19. The molecular weight excluding hydrogens is 259 g/mol. The van der Waals surface area contributed by atoms with Crippen LogP contribution in [-0.4, -0.2) is 24.7 Å². The fraction of sp³-hybridized carbons (Fsp3) is 0.900. The van der Waals surface area contributed by atoms with E-state index in [2.05, 4.69) is 37.8 Å². The Hall–Kier alpha value is 0.430. The Morgan fingerprint density at radius 1 is 1.44 bits per heavy atom. The van der Waals surface area contributed by atoms with E-state index in [1.54, 1.807) is 24.8 Å².